The second-order valence-corrected chi connectivity index (χ2v) is 15.1. The van der Waals surface area contributed by atoms with Crippen molar-refractivity contribution < 1.29 is 39.0 Å². The highest BCUT2D eigenvalue weighted by atomic mass is 127. The summed E-state index contributed by atoms with van der Waals surface area (Å²) in [7, 11) is 1.45. The van der Waals surface area contributed by atoms with Crippen LogP contribution in [-0.2, 0) is 16.0 Å². The second kappa shape index (κ2) is 17.1. The number of rotatable bonds is 13. The van der Waals surface area contributed by atoms with Crippen molar-refractivity contribution in [2.75, 3.05) is 12.4 Å². The van der Waals surface area contributed by atoms with Gasteiger partial charge in [-0.05, 0) is 154 Å². The highest BCUT2D eigenvalue weighted by Crippen LogP contribution is 2.37. The average Bonchev–Trinajstić information content (AvgIpc) is 2.90. The predicted molar refractivity (Wildman–Crippen MR) is 207 cm³/mol. The van der Waals surface area contributed by atoms with E-state index >= 15 is 0 Å². The van der Waals surface area contributed by atoms with Crippen molar-refractivity contribution in [1.29, 1.82) is 0 Å². The van der Waals surface area contributed by atoms with Gasteiger partial charge in [-0.25, -0.2) is 9.59 Å². The summed E-state index contributed by atoms with van der Waals surface area (Å²) in [6.45, 7) is 1.68. The monoisotopic (exact) mass is 1250 g/mol. The number of carbonyl (C=O) groups excluding carboxylic acids is 4. The molecule has 2 aromatic carbocycles. The quantitative estimate of drug-likeness (QED) is 0.0949. The number of halogens is 6. The molecule has 2 amide bonds. The summed E-state index contributed by atoms with van der Waals surface area (Å²) in [5.74, 6) is -3.61. The van der Waals surface area contributed by atoms with Gasteiger partial charge < -0.3 is 20.8 Å². The van der Waals surface area contributed by atoms with Gasteiger partial charge in [-0.2, -0.15) is 0 Å². The molecule has 16 heteroatoms. The first-order valence-corrected chi connectivity index (χ1v) is 18.5. The fourth-order valence-corrected chi connectivity index (χ4v) is 12.9. The molecular formula is C26H22I6N2O8. The van der Waals surface area contributed by atoms with Crippen molar-refractivity contribution >= 4 is 177 Å². The van der Waals surface area contributed by atoms with E-state index < -0.39 is 17.8 Å². The highest BCUT2D eigenvalue weighted by Gasteiger charge is 2.29. The molecule has 10 nitrogen and oxygen atoms in total. The lowest BCUT2D eigenvalue weighted by Gasteiger charge is -2.17. The lowest BCUT2D eigenvalue weighted by atomic mass is 9.99. The number of anilines is 1. The summed E-state index contributed by atoms with van der Waals surface area (Å²) in [5, 5.41) is 24.7. The number of aromatic carboxylic acids is 2. The number of benzene rings is 2. The van der Waals surface area contributed by atoms with Gasteiger partial charge in [-0.15, -0.1) is 0 Å². The molecule has 0 aliphatic rings. The number of Topliss-reactive ketones (excluding diaryl/α,β-unsaturated/α-hetero) is 2. The van der Waals surface area contributed by atoms with Crippen molar-refractivity contribution in [3.05, 3.63) is 49.2 Å². The third kappa shape index (κ3) is 8.85. The van der Waals surface area contributed by atoms with Gasteiger partial charge in [0.15, 0.2) is 5.78 Å². The van der Waals surface area contributed by atoms with E-state index in [1.165, 1.54) is 7.05 Å². The zero-order valence-electron chi connectivity index (χ0n) is 21.9. The van der Waals surface area contributed by atoms with E-state index in [9.17, 15) is 39.0 Å². The Hall–Kier alpha value is 0.0400. The van der Waals surface area contributed by atoms with Crippen LogP contribution in [-0.4, -0.2) is 52.6 Å². The van der Waals surface area contributed by atoms with Crippen LogP contribution >= 0.6 is 136 Å². The molecule has 0 aromatic heterocycles. The van der Waals surface area contributed by atoms with Gasteiger partial charge in [0.2, 0.25) is 5.91 Å². The first kappa shape index (κ1) is 38.2. The van der Waals surface area contributed by atoms with Crippen molar-refractivity contribution in [1.82, 2.24) is 5.32 Å². The van der Waals surface area contributed by atoms with Gasteiger partial charge in [0.05, 0.1) is 25.9 Å². The van der Waals surface area contributed by atoms with E-state index in [0.29, 0.717) is 39.8 Å². The molecule has 0 aliphatic heterocycles. The maximum atomic E-state index is 12.9. The lowest BCUT2D eigenvalue weighted by Crippen LogP contribution is -2.24. The summed E-state index contributed by atoms with van der Waals surface area (Å²) < 4.78 is 2.34. The van der Waals surface area contributed by atoms with Crippen LogP contribution in [0, 0.1) is 21.4 Å². The molecule has 0 saturated heterocycles. The minimum Gasteiger partial charge on any atom is -0.478 e. The van der Waals surface area contributed by atoms with Crippen LogP contribution in [0.15, 0.2) is 0 Å². The predicted octanol–water partition coefficient (Wildman–Crippen LogP) is 6.97. The highest BCUT2D eigenvalue weighted by molar-refractivity contribution is 14.1. The topological polar surface area (TPSA) is 167 Å². The number of nitrogens with one attached hydrogen (secondary N) is 2. The Morgan fingerprint density at radius 2 is 1.14 bits per heavy atom. The SMILES string of the molecule is CCC(=O)c1c(I)c(NC(=O)CCCCC(=O)Cc2c(I)c(C(=O)O)c(I)c(C(=O)NC)c2I)c(I)c(C(=O)O)c1I. The van der Waals surface area contributed by atoms with Crippen LogP contribution in [0.4, 0.5) is 5.69 Å². The number of amides is 2. The average molecular weight is 1250 g/mol. The first-order chi connectivity index (χ1) is 19.6. The standard InChI is InChI=1S/C26H22I6N2O8/c1-3-11(36)13-19(29)16(26(41)42)22(32)23(21(13)31)34-12(37)7-5-4-6-9(35)8-10-17(27)14(24(38)33-2)20(30)15(18(10)28)25(39)40/h3-8H2,1-2H3,(H,33,38)(H,34,37)(H,39,40)(H,41,42). The van der Waals surface area contributed by atoms with Crippen molar-refractivity contribution in [3.8, 4) is 0 Å². The van der Waals surface area contributed by atoms with E-state index in [2.05, 4.69) is 10.6 Å². The molecule has 2 rings (SSSR count). The third-order valence-electron chi connectivity index (χ3n) is 5.95. The Morgan fingerprint density at radius 1 is 0.667 bits per heavy atom. The second-order valence-electron chi connectivity index (χ2n) is 8.67. The van der Waals surface area contributed by atoms with Crippen LogP contribution in [0.25, 0.3) is 0 Å². The molecule has 0 radical (unpaired) electrons. The van der Waals surface area contributed by atoms with Crippen LogP contribution < -0.4 is 10.6 Å². The summed E-state index contributed by atoms with van der Waals surface area (Å²) in [6.07, 6.45) is 1.08. The van der Waals surface area contributed by atoms with Gasteiger partial charge >= 0.3 is 11.9 Å². The third-order valence-corrected chi connectivity index (χ3v) is 12.7. The summed E-state index contributed by atoms with van der Waals surface area (Å²) in [6, 6.07) is 0. The Balaban J connectivity index is 2.15. The fourth-order valence-electron chi connectivity index (χ4n) is 3.86. The van der Waals surface area contributed by atoms with Crippen LogP contribution in [0.3, 0.4) is 0 Å². The van der Waals surface area contributed by atoms with E-state index in [1.807, 2.05) is 136 Å². The number of hydrogen-bond acceptors (Lipinski definition) is 6. The van der Waals surface area contributed by atoms with Gasteiger partial charge in [-0.1, -0.05) is 6.92 Å². The Morgan fingerprint density at radius 3 is 1.67 bits per heavy atom. The van der Waals surface area contributed by atoms with E-state index in [1.54, 1.807) is 6.92 Å². The summed E-state index contributed by atoms with van der Waals surface area (Å²) >= 11 is 11.3. The summed E-state index contributed by atoms with van der Waals surface area (Å²) in [4.78, 5) is 74.5. The molecule has 0 heterocycles. The summed E-state index contributed by atoms with van der Waals surface area (Å²) in [5.41, 5.74) is 1.17. The van der Waals surface area contributed by atoms with Gasteiger partial charge in [0, 0.05) is 56.1 Å². The number of unbranched alkanes of at least 4 members (excludes halogenated alkanes) is 1. The zero-order valence-corrected chi connectivity index (χ0v) is 34.8. The molecule has 42 heavy (non-hydrogen) atoms. The fraction of sp³-hybridized carbons (Fsp3) is 0.308. The molecular weight excluding hydrogens is 1230 g/mol. The van der Waals surface area contributed by atoms with E-state index in [4.69, 9.17) is 0 Å². The zero-order chi connectivity index (χ0) is 32.0. The van der Waals surface area contributed by atoms with Gasteiger partial charge in [0.25, 0.3) is 5.91 Å². The maximum Gasteiger partial charge on any atom is 0.337 e. The van der Waals surface area contributed by atoms with Crippen molar-refractivity contribution in [3.63, 3.8) is 0 Å². The van der Waals surface area contributed by atoms with Crippen LogP contribution in [0.1, 0.15) is 86.0 Å². The molecule has 0 fully saturated rings. The minimum atomic E-state index is -1.20. The van der Waals surface area contributed by atoms with Crippen molar-refractivity contribution in [2.45, 2.75) is 45.4 Å². The lowest BCUT2D eigenvalue weighted by molar-refractivity contribution is -0.119. The Bertz CT molecular complexity index is 1400. The molecule has 0 aliphatic carbocycles. The minimum absolute atomic E-state index is 0.0237. The number of ketones is 2. The largest absolute Gasteiger partial charge is 0.478 e. The Kier molecular flexibility index (Phi) is 15.6. The first-order valence-electron chi connectivity index (χ1n) is 12.0. The molecule has 0 saturated carbocycles. The smallest absolute Gasteiger partial charge is 0.337 e. The number of carboxylic acids is 2. The van der Waals surface area contributed by atoms with E-state index in [-0.39, 0.29) is 71.1 Å². The van der Waals surface area contributed by atoms with Crippen LogP contribution in [0.5, 0.6) is 0 Å². The Labute approximate surface area is 323 Å². The number of carbonyl (C=O) groups is 6. The van der Waals surface area contributed by atoms with Gasteiger partial charge in [0.1, 0.15) is 5.78 Å². The number of hydrogen-bond donors (Lipinski definition) is 4. The molecule has 0 bridgehead atoms. The normalized spacial score (nSPS) is 10.8. The molecule has 4 N–H and O–H groups in total. The molecule has 0 spiro atoms. The van der Waals surface area contributed by atoms with E-state index in [0.717, 1.165) is 0 Å². The number of carboxylic acid groups (broad SMARTS) is 2. The maximum absolute atomic E-state index is 12.9. The van der Waals surface area contributed by atoms with Crippen molar-refractivity contribution in [2.24, 2.45) is 0 Å². The molecule has 226 valence electrons. The van der Waals surface area contributed by atoms with Gasteiger partial charge in [-0.3, -0.25) is 19.2 Å². The molecule has 2 aromatic rings. The van der Waals surface area contributed by atoms with Crippen LogP contribution in [0.2, 0.25) is 0 Å². The molecule has 0 unspecified atom stereocenters. The molecule has 0 atom stereocenters.